The third-order valence-corrected chi connectivity index (χ3v) is 4.52. The molecular weight excluding hydrogens is 258 g/mol. The lowest BCUT2D eigenvalue weighted by Gasteiger charge is -2.26. The number of aromatic nitrogens is 2. The zero-order valence-corrected chi connectivity index (χ0v) is 12.2. The fourth-order valence-corrected chi connectivity index (χ4v) is 3.36. The normalized spacial score (nSPS) is 17.5. The van der Waals surface area contributed by atoms with Crippen molar-refractivity contribution in [3.63, 3.8) is 0 Å². The van der Waals surface area contributed by atoms with Crippen LogP contribution in [-0.2, 0) is 13.5 Å². The van der Waals surface area contributed by atoms with Crippen LogP contribution >= 0.6 is 0 Å². The van der Waals surface area contributed by atoms with Crippen LogP contribution in [0.5, 0.6) is 0 Å². The highest BCUT2D eigenvalue weighted by Crippen LogP contribution is 2.33. The number of nitrogens with one attached hydrogen (secondary N) is 1. The van der Waals surface area contributed by atoms with E-state index >= 15 is 0 Å². The van der Waals surface area contributed by atoms with Gasteiger partial charge in [-0.2, -0.15) is 0 Å². The summed E-state index contributed by atoms with van der Waals surface area (Å²) in [7, 11) is 2.12. The largest absolute Gasteiger partial charge is 0.385 e. The maximum Gasteiger partial charge on any atom is 0.110 e. The second kappa shape index (κ2) is 4.92. The Balaban J connectivity index is 1.71. The molecule has 2 heterocycles. The molecule has 0 saturated heterocycles. The molecule has 1 aliphatic rings. The Bertz CT molecular complexity index is 788. The number of imidazole rings is 1. The zero-order chi connectivity index (χ0) is 14.2. The van der Waals surface area contributed by atoms with Gasteiger partial charge in [0.1, 0.15) is 5.82 Å². The summed E-state index contributed by atoms with van der Waals surface area (Å²) in [5.74, 6) is 1.73. The first kappa shape index (κ1) is 12.5. The molecule has 1 aromatic heterocycles. The van der Waals surface area contributed by atoms with Gasteiger partial charge in [-0.3, -0.25) is 0 Å². The monoisotopic (exact) mass is 277 g/mol. The molecule has 2 aromatic carbocycles. The molecule has 0 amide bonds. The number of aryl methyl sites for hydroxylation is 1. The van der Waals surface area contributed by atoms with Gasteiger partial charge in [-0.1, -0.05) is 30.3 Å². The van der Waals surface area contributed by atoms with Crippen molar-refractivity contribution in [2.24, 2.45) is 7.05 Å². The van der Waals surface area contributed by atoms with E-state index in [1.807, 2.05) is 0 Å². The highest BCUT2D eigenvalue weighted by atomic mass is 15.1. The Morgan fingerprint density at radius 1 is 1.14 bits per heavy atom. The molecule has 1 atom stereocenters. The van der Waals surface area contributed by atoms with E-state index in [9.17, 15) is 0 Å². The summed E-state index contributed by atoms with van der Waals surface area (Å²) in [5.41, 5.74) is 5.02. The van der Waals surface area contributed by atoms with Crippen LogP contribution in [0.1, 0.15) is 23.7 Å². The van der Waals surface area contributed by atoms with Crippen molar-refractivity contribution in [2.75, 3.05) is 11.9 Å². The number of hydrogen-bond acceptors (Lipinski definition) is 2. The molecule has 3 aromatic rings. The van der Waals surface area contributed by atoms with Gasteiger partial charge >= 0.3 is 0 Å². The smallest absolute Gasteiger partial charge is 0.110 e. The Morgan fingerprint density at radius 3 is 2.86 bits per heavy atom. The van der Waals surface area contributed by atoms with Gasteiger partial charge in [0.15, 0.2) is 0 Å². The lowest BCUT2D eigenvalue weighted by molar-refractivity contribution is 0.594. The summed E-state index contributed by atoms with van der Waals surface area (Å²) in [6, 6.07) is 17.0. The lowest BCUT2D eigenvalue weighted by atomic mass is 9.88. The molecule has 0 bridgehead atoms. The Kier molecular flexibility index (Phi) is 2.92. The third-order valence-electron chi connectivity index (χ3n) is 4.52. The van der Waals surface area contributed by atoms with Gasteiger partial charge in [-0.25, -0.2) is 4.98 Å². The van der Waals surface area contributed by atoms with Gasteiger partial charge in [0.25, 0.3) is 0 Å². The average molecular weight is 277 g/mol. The van der Waals surface area contributed by atoms with Gasteiger partial charge in [-0.05, 0) is 36.1 Å². The van der Waals surface area contributed by atoms with E-state index in [1.54, 1.807) is 0 Å². The molecule has 0 aliphatic carbocycles. The van der Waals surface area contributed by atoms with E-state index in [1.165, 1.54) is 29.0 Å². The van der Waals surface area contributed by atoms with Crippen LogP contribution in [0.4, 0.5) is 5.69 Å². The van der Waals surface area contributed by atoms with Crippen LogP contribution in [0.2, 0.25) is 0 Å². The second-order valence-electron chi connectivity index (χ2n) is 5.78. The molecule has 0 radical (unpaired) electrons. The molecule has 3 nitrogen and oxygen atoms in total. The Hall–Kier alpha value is -2.29. The number of hydrogen-bond donors (Lipinski definition) is 1. The third kappa shape index (κ3) is 2.09. The number of rotatable bonds is 2. The fourth-order valence-electron chi connectivity index (χ4n) is 3.36. The van der Waals surface area contributed by atoms with Gasteiger partial charge in [-0.15, -0.1) is 0 Å². The zero-order valence-electron chi connectivity index (χ0n) is 12.2. The van der Waals surface area contributed by atoms with Gasteiger partial charge in [0.2, 0.25) is 0 Å². The van der Waals surface area contributed by atoms with Crippen LogP contribution in [0.15, 0.2) is 48.5 Å². The first-order chi connectivity index (χ1) is 10.3. The van der Waals surface area contributed by atoms with Crippen molar-refractivity contribution in [1.82, 2.24) is 9.55 Å². The minimum absolute atomic E-state index is 0.554. The van der Waals surface area contributed by atoms with Gasteiger partial charge in [0, 0.05) is 25.7 Å². The number of fused-ring (bicyclic) bond motifs is 2. The lowest BCUT2D eigenvalue weighted by Crippen LogP contribution is -2.19. The summed E-state index contributed by atoms with van der Waals surface area (Å²) < 4.78 is 2.24. The van der Waals surface area contributed by atoms with Gasteiger partial charge < -0.3 is 9.88 Å². The molecule has 0 fully saturated rings. The molecule has 4 rings (SSSR count). The van der Waals surface area contributed by atoms with Crippen molar-refractivity contribution in [2.45, 2.75) is 18.8 Å². The van der Waals surface area contributed by atoms with E-state index in [2.05, 4.69) is 65.5 Å². The van der Waals surface area contributed by atoms with Crippen molar-refractivity contribution < 1.29 is 0 Å². The molecule has 1 aliphatic heterocycles. The number of anilines is 1. The van der Waals surface area contributed by atoms with E-state index in [0.29, 0.717) is 5.92 Å². The minimum Gasteiger partial charge on any atom is -0.385 e. The summed E-state index contributed by atoms with van der Waals surface area (Å²) in [6.07, 6.45) is 2.17. The highest BCUT2D eigenvalue weighted by Gasteiger charge is 2.21. The van der Waals surface area contributed by atoms with Crippen LogP contribution in [0, 0.1) is 0 Å². The van der Waals surface area contributed by atoms with Crippen molar-refractivity contribution in [3.05, 3.63) is 59.9 Å². The molecule has 21 heavy (non-hydrogen) atoms. The molecule has 1 unspecified atom stereocenters. The average Bonchev–Trinajstić information content (AvgIpc) is 2.85. The van der Waals surface area contributed by atoms with Crippen LogP contribution in [0.25, 0.3) is 11.0 Å². The summed E-state index contributed by atoms with van der Waals surface area (Å²) >= 11 is 0. The molecule has 106 valence electrons. The topological polar surface area (TPSA) is 29.9 Å². The summed E-state index contributed by atoms with van der Waals surface area (Å²) in [4.78, 5) is 4.82. The van der Waals surface area contributed by atoms with Crippen LogP contribution < -0.4 is 5.32 Å². The SMILES string of the molecule is Cn1c(CC2CCNc3ccccc32)nc2ccccc21. The summed E-state index contributed by atoms with van der Waals surface area (Å²) in [6.45, 7) is 1.05. The second-order valence-corrected chi connectivity index (χ2v) is 5.78. The molecule has 1 N–H and O–H groups in total. The fraction of sp³-hybridized carbons (Fsp3) is 0.278. The van der Waals surface area contributed by atoms with E-state index < -0.39 is 0 Å². The molecule has 0 saturated carbocycles. The quantitative estimate of drug-likeness (QED) is 0.773. The maximum atomic E-state index is 4.82. The van der Waals surface area contributed by atoms with Crippen molar-refractivity contribution >= 4 is 16.7 Å². The van der Waals surface area contributed by atoms with Gasteiger partial charge in [0.05, 0.1) is 11.0 Å². The molecular formula is C18H19N3. The maximum absolute atomic E-state index is 4.82. The Morgan fingerprint density at radius 2 is 1.95 bits per heavy atom. The predicted octanol–water partition coefficient (Wildman–Crippen LogP) is 3.72. The summed E-state index contributed by atoms with van der Waals surface area (Å²) in [5, 5.41) is 3.49. The highest BCUT2D eigenvalue weighted by molar-refractivity contribution is 5.75. The molecule has 0 spiro atoms. The molecule has 3 heteroatoms. The first-order valence-corrected chi connectivity index (χ1v) is 7.56. The Labute approximate surface area is 124 Å². The van der Waals surface area contributed by atoms with Crippen LogP contribution in [0.3, 0.4) is 0 Å². The van der Waals surface area contributed by atoms with E-state index in [0.717, 1.165) is 18.5 Å². The van der Waals surface area contributed by atoms with Crippen molar-refractivity contribution in [1.29, 1.82) is 0 Å². The number of nitrogens with zero attached hydrogens (tertiary/aromatic N) is 2. The van der Waals surface area contributed by atoms with E-state index in [4.69, 9.17) is 4.98 Å². The van der Waals surface area contributed by atoms with Crippen LogP contribution in [-0.4, -0.2) is 16.1 Å². The first-order valence-electron chi connectivity index (χ1n) is 7.56. The standard InChI is InChI=1S/C18H19N3/c1-21-17-9-5-4-8-16(17)20-18(21)12-13-10-11-19-15-7-3-2-6-14(13)15/h2-9,13,19H,10-12H2,1H3. The minimum atomic E-state index is 0.554. The number of benzene rings is 2. The van der Waals surface area contributed by atoms with E-state index in [-0.39, 0.29) is 0 Å². The predicted molar refractivity (Wildman–Crippen MR) is 86.7 cm³/mol. The van der Waals surface area contributed by atoms with Crippen molar-refractivity contribution in [3.8, 4) is 0 Å². The number of para-hydroxylation sites is 3.